The van der Waals surface area contributed by atoms with E-state index in [-0.39, 0.29) is 12.5 Å². The Morgan fingerprint density at radius 3 is 3.14 bits per heavy atom. The zero-order chi connectivity index (χ0) is 15.9. The number of hydrogen-bond donors (Lipinski definition) is 3. The van der Waals surface area contributed by atoms with Crippen LogP contribution in [-0.4, -0.2) is 43.6 Å². The molecule has 0 aliphatic carbocycles. The maximum atomic E-state index is 11.3. The molecule has 0 saturated carbocycles. The molecule has 1 aromatic carbocycles. The van der Waals surface area contributed by atoms with Crippen LogP contribution in [0.2, 0.25) is 0 Å². The number of methoxy groups -OCH3 is 1. The molecule has 0 unspecified atom stereocenters. The van der Waals surface area contributed by atoms with Crippen molar-refractivity contribution in [2.75, 3.05) is 32.2 Å². The smallest absolute Gasteiger partial charge is 0.262 e. The summed E-state index contributed by atoms with van der Waals surface area (Å²) in [5, 5.41) is 10.4. The van der Waals surface area contributed by atoms with E-state index in [4.69, 9.17) is 21.7 Å². The van der Waals surface area contributed by atoms with Gasteiger partial charge in [0.1, 0.15) is 5.75 Å². The average molecular weight is 322 g/mol. The summed E-state index contributed by atoms with van der Waals surface area (Å²) in [4.78, 5) is 11.3. The second kappa shape index (κ2) is 7.71. The number of nitrogens with zero attached hydrogens (tertiary/aromatic N) is 1. The number of carbonyl (C=O) groups excluding carboxylic acids is 1. The first-order chi connectivity index (χ1) is 10.6. The third-order valence-electron chi connectivity index (χ3n) is 2.95. The van der Waals surface area contributed by atoms with Crippen LogP contribution in [0, 0.1) is 0 Å². The average Bonchev–Trinajstić information content (AvgIpc) is 2.52. The summed E-state index contributed by atoms with van der Waals surface area (Å²) in [6.07, 6.45) is 0. The first kappa shape index (κ1) is 16.2. The van der Waals surface area contributed by atoms with Crippen LogP contribution in [0.15, 0.2) is 23.3 Å². The summed E-state index contributed by atoms with van der Waals surface area (Å²) in [6, 6.07) is 5.49. The first-order valence-electron chi connectivity index (χ1n) is 6.74. The number of anilines is 1. The molecule has 1 heterocycles. The summed E-state index contributed by atoms with van der Waals surface area (Å²) in [7, 11) is 1.62. The molecule has 0 spiro atoms. The summed E-state index contributed by atoms with van der Waals surface area (Å²) in [5.41, 5.74) is 5.00. The van der Waals surface area contributed by atoms with Crippen molar-refractivity contribution in [2.24, 2.45) is 5.10 Å². The van der Waals surface area contributed by atoms with Gasteiger partial charge in [0.15, 0.2) is 11.7 Å². The lowest BCUT2D eigenvalue weighted by Crippen LogP contribution is -2.34. The third-order valence-corrected chi connectivity index (χ3v) is 3.18. The van der Waals surface area contributed by atoms with Crippen LogP contribution in [-0.2, 0) is 9.53 Å². The number of nitrogens with one attached hydrogen (secondary N) is 3. The number of fused-ring (bicyclic) bond motifs is 1. The predicted molar refractivity (Wildman–Crippen MR) is 88.4 cm³/mol. The predicted octanol–water partition coefficient (Wildman–Crippen LogP) is 0.852. The van der Waals surface area contributed by atoms with E-state index in [1.54, 1.807) is 13.2 Å². The summed E-state index contributed by atoms with van der Waals surface area (Å²) >= 11 is 5.09. The van der Waals surface area contributed by atoms with Crippen molar-refractivity contribution in [3.63, 3.8) is 0 Å². The van der Waals surface area contributed by atoms with Crippen LogP contribution in [0.4, 0.5) is 5.69 Å². The van der Waals surface area contributed by atoms with Crippen molar-refractivity contribution in [1.82, 2.24) is 10.7 Å². The lowest BCUT2D eigenvalue weighted by atomic mass is 10.1. The molecule has 0 fully saturated rings. The van der Waals surface area contributed by atoms with E-state index in [1.807, 2.05) is 19.1 Å². The van der Waals surface area contributed by atoms with Crippen molar-refractivity contribution in [3.8, 4) is 5.75 Å². The molecule has 0 bridgehead atoms. The number of benzene rings is 1. The molecule has 1 amide bonds. The number of carbonyl (C=O) groups is 1. The summed E-state index contributed by atoms with van der Waals surface area (Å²) in [6.45, 7) is 3.06. The van der Waals surface area contributed by atoms with E-state index in [0.29, 0.717) is 29.7 Å². The van der Waals surface area contributed by atoms with Gasteiger partial charge < -0.3 is 20.1 Å². The monoisotopic (exact) mass is 322 g/mol. The van der Waals surface area contributed by atoms with Crippen molar-refractivity contribution < 1.29 is 14.3 Å². The van der Waals surface area contributed by atoms with Crippen LogP contribution in [0.3, 0.4) is 0 Å². The number of hydrazone groups is 1. The van der Waals surface area contributed by atoms with Crippen molar-refractivity contribution in [1.29, 1.82) is 0 Å². The van der Waals surface area contributed by atoms with Crippen molar-refractivity contribution >= 4 is 34.6 Å². The molecule has 118 valence electrons. The van der Waals surface area contributed by atoms with E-state index in [2.05, 4.69) is 21.2 Å². The Balaban J connectivity index is 1.98. The van der Waals surface area contributed by atoms with Crippen LogP contribution >= 0.6 is 12.2 Å². The summed E-state index contributed by atoms with van der Waals surface area (Å²) < 4.78 is 10.2. The first-order valence-corrected chi connectivity index (χ1v) is 7.15. The molecule has 0 aromatic heterocycles. The number of amides is 1. The highest BCUT2D eigenvalue weighted by molar-refractivity contribution is 7.80. The molecule has 1 aromatic rings. The van der Waals surface area contributed by atoms with Gasteiger partial charge in [0, 0.05) is 13.7 Å². The topological polar surface area (TPSA) is 84.0 Å². The Hall–Kier alpha value is -2.19. The molecule has 0 saturated heterocycles. The summed E-state index contributed by atoms with van der Waals surface area (Å²) in [5.74, 6) is 0.488. The lowest BCUT2D eigenvalue weighted by Gasteiger charge is -2.18. The molecule has 3 N–H and O–H groups in total. The van der Waals surface area contributed by atoms with Crippen LogP contribution in [0.5, 0.6) is 5.75 Å². The van der Waals surface area contributed by atoms with Gasteiger partial charge in [-0.2, -0.15) is 5.10 Å². The maximum Gasteiger partial charge on any atom is 0.262 e. The maximum absolute atomic E-state index is 11.3. The SMILES string of the molecule is COCCNC(=S)N/N=C(/C)c1ccc2c(c1)NC(=O)CO2. The van der Waals surface area contributed by atoms with Gasteiger partial charge in [-0.1, -0.05) is 0 Å². The van der Waals surface area contributed by atoms with Crippen LogP contribution < -0.4 is 20.8 Å². The minimum atomic E-state index is -0.166. The second-order valence-corrected chi connectivity index (χ2v) is 5.01. The largest absolute Gasteiger partial charge is 0.482 e. The molecule has 0 atom stereocenters. The highest BCUT2D eigenvalue weighted by Gasteiger charge is 2.16. The van der Waals surface area contributed by atoms with Crippen LogP contribution in [0.25, 0.3) is 0 Å². The fraction of sp³-hybridized carbons (Fsp3) is 0.357. The van der Waals surface area contributed by atoms with E-state index in [0.717, 1.165) is 11.3 Å². The Bertz CT molecular complexity index is 604. The Morgan fingerprint density at radius 2 is 2.36 bits per heavy atom. The van der Waals surface area contributed by atoms with Gasteiger partial charge >= 0.3 is 0 Å². The normalized spacial score (nSPS) is 13.7. The zero-order valence-corrected chi connectivity index (χ0v) is 13.3. The quantitative estimate of drug-likeness (QED) is 0.323. The Labute approximate surface area is 134 Å². The van der Waals surface area contributed by atoms with Gasteiger partial charge in [0.2, 0.25) is 0 Å². The van der Waals surface area contributed by atoms with Gasteiger partial charge in [-0.3, -0.25) is 10.2 Å². The molecular weight excluding hydrogens is 304 g/mol. The van der Waals surface area contributed by atoms with Gasteiger partial charge in [0.25, 0.3) is 5.91 Å². The standard InChI is InChI=1S/C14H18N4O3S/c1-9(17-18-14(22)15-5-6-20-2)10-3-4-12-11(7-10)16-13(19)8-21-12/h3-4,7H,5-6,8H2,1-2H3,(H,16,19)(H2,15,18,22)/b17-9-. The molecule has 1 aliphatic rings. The Morgan fingerprint density at radius 1 is 1.55 bits per heavy atom. The number of hydrogen-bond acceptors (Lipinski definition) is 5. The van der Waals surface area contributed by atoms with Crippen molar-refractivity contribution in [3.05, 3.63) is 23.8 Å². The van der Waals surface area contributed by atoms with E-state index in [1.165, 1.54) is 0 Å². The molecule has 8 heteroatoms. The second-order valence-electron chi connectivity index (χ2n) is 4.61. The van der Waals surface area contributed by atoms with Gasteiger partial charge in [0.05, 0.1) is 18.0 Å². The fourth-order valence-corrected chi connectivity index (χ4v) is 1.96. The highest BCUT2D eigenvalue weighted by Crippen LogP contribution is 2.28. The van der Waals surface area contributed by atoms with Gasteiger partial charge in [-0.05, 0) is 42.9 Å². The number of rotatable bonds is 5. The zero-order valence-electron chi connectivity index (χ0n) is 12.4. The molecule has 1 aliphatic heterocycles. The number of thiocarbonyl (C=S) groups is 1. The van der Waals surface area contributed by atoms with E-state index in [9.17, 15) is 4.79 Å². The highest BCUT2D eigenvalue weighted by atomic mass is 32.1. The molecular formula is C14H18N4O3S. The lowest BCUT2D eigenvalue weighted by molar-refractivity contribution is -0.118. The number of ether oxygens (including phenoxy) is 2. The van der Waals surface area contributed by atoms with Crippen molar-refractivity contribution in [2.45, 2.75) is 6.92 Å². The minimum Gasteiger partial charge on any atom is -0.482 e. The van der Waals surface area contributed by atoms with Gasteiger partial charge in [-0.25, -0.2) is 0 Å². The van der Waals surface area contributed by atoms with E-state index >= 15 is 0 Å². The third kappa shape index (κ3) is 4.40. The Kier molecular flexibility index (Phi) is 5.68. The molecule has 0 radical (unpaired) electrons. The molecule has 22 heavy (non-hydrogen) atoms. The van der Waals surface area contributed by atoms with E-state index < -0.39 is 0 Å². The molecule has 7 nitrogen and oxygen atoms in total. The minimum absolute atomic E-state index is 0.0440. The van der Waals surface area contributed by atoms with Gasteiger partial charge in [-0.15, -0.1) is 0 Å². The van der Waals surface area contributed by atoms with Crippen LogP contribution in [0.1, 0.15) is 12.5 Å². The fourth-order valence-electron chi connectivity index (χ4n) is 1.81. The molecule has 2 rings (SSSR count).